The number of ether oxygens (including phenoxy) is 2. The fourth-order valence-electron chi connectivity index (χ4n) is 3.56. The Morgan fingerprint density at radius 1 is 0.906 bits per heavy atom. The molecule has 0 aromatic heterocycles. The van der Waals surface area contributed by atoms with Gasteiger partial charge in [-0.2, -0.15) is 13.2 Å². The third-order valence-corrected chi connectivity index (χ3v) is 6.37. The third kappa shape index (κ3) is 5.55. The van der Waals surface area contributed by atoms with Gasteiger partial charge in [0.15, 0.2) is 6.29 Å². The molecule has 32 heavy (non-hydrogen) atoms. The van der Waals surface area contributed by atoms with Gasteiger partial charge in [-0.1, -0.05) is 68.4 Å². The molecule has 1 aliphatic rings. The van der Waals surface area contributed by atoms with E-state index in [0.29, 0.717) is 30.1 Å². The summed E-state index contributed by atoms with van der Waals surface area (Å²) < 4.78 is 52.8. The summed E-state index contributed by atoms with van der Waals surface area (Å²) in [5.74, 6) is 0.447. The SMILES string of the molecule is CC1(C)COC(c2ccc(SCc3ccc(-c4ccccc4)c(C(F)(F)F)c3)cc2)OC1. The quantitative estimate of drug-likeness (QED) is 0.364. The van der Waals surface area contributed by atoms with Gasteiger partial charge in [-0.05, 0) is 34.9 Å². The lowest BCUT2D eigenvalue weighted by Crippen LogP contribution is -2.33. The van der Waals surface area contributed by atoms with E-state index in [1.54, 1.807) is 42.5 Å². The predicted molar refractivity (Wildman–Crippen MR) is 121 cm³/mol. The second-order valence-corrected chi connectivity index (χ2v) is 9.77. The van der Waals surface area contributed by atoms with E-state index in [1.165, 1.54) is 17.8 Å². The molecule has 0 saturated carbocycles. The van der Waals surface area contributed by atoms with Crippen LogP contribution in [0.1, 0.15) is 36.8 Å². The van der Waals surface area contributed by atoms with Crippen molar-refractivity contribution in [2.75, 3.05) is 13.2 Å². The maximum Gasteiger partial charge on any atom is 0.417 e. The number of thioether (sulfide) groups is 1. The van der Waals surface area contributed by atoms with E-state index < -0.39 is 11.7 Å². The van der Waals surface area contributed by atoms with Gasteiger partial charge >= 0.3 is 6.18 Å². The molecule has 168 valence electrons. The van der Waals surface area contributed by atoms with E-state index in [0.717, 1.165) is 10.5 Å². The zero-order valence-corrected chi connectivity index (χ0v) is 18.8. The lowest BCUT2D eigenvalue weighted by atomic mass is 9.95. The molecule has 0 aliphatic carbocycles. The second kappa shape index (κ2) is 9.30. The summed E-state index contributed by atoms with van der Waals surface area (Å²) in [4.78, 5) is 0.977. The van der Waals surface area contributed by atoms with Crippen LogP contribution in [0.5, 0.6) is 0 Å². The Balaban J connectivity index is 1.45. The van der Waals surface area contributed by atoms with E-state index in [4.69, 9.17) is 9.47 Å². The first kappa shape index (κ1) is 22.9. The van der Waals surface area contributed by atoms with Crippen molar-refractivity contribution in [2.24, 2.45) is 5.41 Å². The summed E-state index contributed by atoms with van der Waals surface area (Å²) >= 11 is 1.50. The summed E-state index contributed by atoms with van der Waals surface area (Å²) in [6.07, 6.45) is -4.79. The van der Waals surface area contributed by atoms with Crippen molar-refractivity contribution in [3.8, 4) is 11.1 Å². The molecule has 1 aliphatic heterocycles. The first-order valence-corrected chi connectivity index (χ1v) is 11.4. The molecule has 0 spiro atoms. The number of benzene rings is 3. The van der Waals surface area contributed by atoms with Crippen LogP contribution in [0.2, 0.25) is 0 Å². The molecule has 3 aromatic rings. The van der Waals surface area contributed by atoms with E-state index in [2.05, 4.69) is 13.8 Å². The minimum absolute atomic E-state index is 0.0115. The van der Waals surface area contributed by atoms with Gasteiger partial charge in [-0.15, -0.1) is 11.8 Å². The van der Waals surface area contributed by atoms with Crippen molar-refractivity contribution < 1.29 is 22.6 Å². The van der Waals surface area contributed by atoms with Crippen LogP contribution in [0.15, 0.2) is 77.7 Å². The first-order chi connectivity index (χ1) is 15.2. The monoisotopic (exact) mass is 458 g/mol. The standard InChI is InChI=1S/C26H25F3O2S/c1-25(2)16-30-24(31-17-25)20-9-11-21(12-10-20)32-15-18-8-13-22(19-6-4-3-5-7-19)23(14-18)26(27,28)29/h3-14,24H,15-17H2,1-2H3. The molecule has 1 heterocycles. The van der Waals surface area contributed by atoms with Gasteiger partial charge in [0.05, 0.1) is 18.8 Å². The molecular formula is C26H25F3O2S. The zero-order chi connectivity index (χ0) is 22.8. The van der Waals surface area contributed by atoms with Gasteiger partial charge in [0, 0.05) is 21.6 Å². The number of rotatable bonds is 5. The fraction of sp³-hybridized carbons (Fsp3) is 0.308. The highest BCUT2D eigenvalue weighted by Crippen LogP contribution is 2.39. The van der Waals surface area contributed by atoms with Gasteiger partial charge in [-0.25, -0.2) is 0 Å². The summed E-state index contributed by atoms with van der Waals surface area (Å²) in [5.41, 5.74) is 1.74. The van der Waals surface area contributed by atoms with Crippen molar-refractivity contribution in [1.29, 1.82) is 0 Å². The first-order valence-electron chi connectivity index (χ1n) is 10.4. The smallest absolute Gasteiger partial charge is 0.348 e. The molecular weight excluding hydrogens is 433 g/mol. The third-order valence-electron chi connectivity index (χ3n) is 5.28. The van der Waals surface area contributed by atoms with Gasteiger partial charge < -0.3 is 9.47 Å². The number of hydrogen-bond donors (Lipinski definition) is 0. The maximum atomic E-state index is 13.7. The molecule has 0 radical (unpaired) electrons. The molecule has 1 saturated heterocycles. The average molecular weight is 459 g/mol. The van der Waals surface area contributed by atoms with Crippen LogP contribution in [0.25, 0.3) is 11.1 Å². The maximum absolute atomic E-state index is 13.7. The summed E-state index contributed by atoms with van der Waals surface area (Å²) in [7, 11) is 0. The van der Waals surface area contributed by atoms with Crippen LogP contribution in [0, 0.1) is 5.41 Å². The lowest BCUT2D eigenvalue weighted by Gasteiger charge is -2.34. The van der Waals surface area contributed by atoms with E-state index >= 15 is 0 Å². The Kier molecular flexibility index (Phi) is 6.65. The Labute approximate surface area is 190 Å². The number of hydrogen-bond acceptors (Lipinski definition) is 3. The Bertz CT molecular complexity index is 1040. The zero-order valence-electron chi connectivity index (χ0n) is 18.0. The van der Waals surface area contributed by atoms with Crippen molar-refractivity contribution in [2.45, 2.75) is 37.0 Å². The van der Waals surface area contributed by atoms with Crippen molar-refractivity contribution in [3.05, 3.63) is 89.5 Å². The molecule has 0 atom stereocenters. The normalized spacial score (nSPS) is 16.8. The van der Waals surface area contributed by atoms with Crippen molar-refractivity contribution >= 4 is 11.8 Å². The summed E-state index contributed by atoms with van der Waals surface area (Å²) in [6.45, 7) is 5.46. The van der Waals surface area contributed by atoms with Crippen LogP contribution < -0.4 is 0 Å². The summed E-state index contributed by atoms with van der Waals surface area (Å²) in [5, 5.41) is 0. The van der Waals surface area contributed by atoms with Crippen LogP contribution in [-0.2, 0) is 21.4 Å². The molecule has 4 rings (SSSR count). The van der Waals surface area contributed by atoms with Crippen LogP contribution >= 0.6 is 11.8 Å². The van der Waals surface area contributed by atoms with Gasteiger partial charge in [-0.3, -0.25) is 0 Å². The van der Waals surface area contributed by atoms with E-state index in [9.17, 15) is 13.2 Å². The molecule has 0 amide bonds. The topological polar surface area (TPSA) is 18.5 Å². The van der Waals surface area contributed by atoms with E-state index in [-0.39, 0.29) is 17.3 Å². The molecule has 6 heteroatoms. The highest BCUT2D eigenvalue weighted by atomic mass is 32.2. The van der Waals surface area contributed by atoms with E-state index in [1.807, 2.05) is 24.3 Å². The Morgan fingerprint density at radius 2 is 1.56 bits per heavy atom. The lowest BCUT2D eigenvalue weighted by molar-refractivity contribution is -0.226. The fourth-order valence-corrected chi connectivity index (χ4v) is 4.40. The minimum Gasteiger partial charge on any atom is -0.348 e. The molecule has 1 fully saturated rings. The minimum atomic E-state index is -4.41. The molecule has 2 nitrogen and oxygen atoms in total. The van der Waals surface area contributed by atoms with Crippen LogP contribution in [0.3, 0.4) is 0 Å². The molecule has 0 N–H and O–H groups in total. The van der Waals surface area contributed by atoms with Crippen LogP contribution in [-0.4, -0.2) is 13.2 Å². The van der Waals surface area contributed by atoms with Crippen LogP contribution in [0.4, 0.5) is 13.2 Å². The van der Waals surface area contributed by atoms with Gasteiger partial charge in [0.2, 0.25) is 0 Å². The van der Waals surface area contributed by atoms with Crippen molar-refractivity contribution in [1.82, 2.24) is 0 Å². The highest BCUT2D eigenvalue weighted by molar-refractivity contribution is 7.98. The van der Waals surface area contributed by atoms with Gasteiger partial charge in [0.25, 0.3) is 0 Å². The number of alkyl halides is 3. The Morgan fingerprint density at radius 3 is 2.19 bits per heavy atom. The number of halogens is 3. The predicted octanol–water partition coefficient (Wildman–Crippen LogP) is 7.74. The van der Waals surface area contributed by atoms with Crippen molar-refractivity contribution in [3.63, 3.8) is 0 Å². The highest BCUT2D eigenvalue weighted by Gasteiger charge is 2.34. The molecule has 0 bridgehead atoms. The molecule has 0 unspecified atom stereocenters. The van der Waals surface area contributed by atoms with Gasteiger partial charge in [0.1, 0.15) is 0 Å². The summed E-state index contributed by atoms with van der Waals surface area (Å²) in [6, 6.07) is 21.1. The largest absolute Gasteiger partial charge is 0.417 e. The Hall–Kier alpha value is -2.28. The second-order valence-electron chi connectivity index (χ2n) is 8.72. The molecule has 3 aromatic carbocycles. The average Bonchev–Trinajstić information content (AvgIpc) is 2.78.